The molecule has 0 aromatic heterocycles. The number of alkyl halides is 2. The molecule has 1 heterocycles. The second kappa shape index (κ2) is 6.02. The number of hydrogen-bond acceptors (Lipinski definition) is 4. The third kappa shape index (κ3) is 2.98. The Kier molecular flexibility index (Phi) is 4.59. The predicted octanol–water partition coefficient (Wildman–Crippen LogP) is 1.95. The molecule has 1 aliphatic rings. The Hall–Kier alpha value is -0.920. The van der Waals surface area contributed by atoms with Crippen LogP contribution in [0.4, 0.5) is 14.5 Å². The van der Waals surface area contributed by atoms with E-state index in [1.54, 1.807) is 11.0 Å². The molecule has 0 amide bonds. The molecule has 0 spiro atoms. The number of anilines is 1. The van der Waals surface area contributed by atoms with Gasteiger partial charge in [0.2, 0.25) is 0 Å². The number of halogens is 3. The highest BCUT2D eigenvalue weighted by atomic mass is 79.9. The molecule has 2 rings (SSSR count). The van der Waals surface area contributed by atoms with Crippen molar-refractivity contribution in [1.82, 2.24) is 10.2 Å². The molecule has 1 aromatic carbocycles. The van der Waals surface area contributed by atoms with Crippen LogP contribution in [0.2, 0.25) is 0 Å². The molecule has 0 aliphatic carbocycles. The number of benzene rings is 1. The standard InChI is InChI=1S/C12H16BrF2N3O/c13-7-1-2-8(16)11(19)9(7)10(12(14)15)18-5-3-17-4-6-18/h1-2,10,12,17,19H,3-6,16H2/t10-/m0/s1. The summed E-state index contributed by atoms with van der Waals surface area (Å²) in [5.41, 5.74) is 5.88. The van der Waals surface area contributed by atoms with Gasteiger partial charge in [-0.3, -0.25) is 4.90 Å². The first-order chi connectivity index (χ1) is 9.02. The molecule has 0 radical (unpaired) electrons. The smallest absolute Gasteiger partial charge is 0.258 e. The van der Waals surface area contributed by atoms with Crippen molar-refractivity contribution < 1.29 is 13.9 Å². The van der Waals surface area contributed by atoms with E-state index in [0.29, 0.717) is 30.7 Å². The Morgan fingerprint density at radius 3 is 2.53 bits per heavy atom. The van der Waals surface area contributed by atoms with Gasteiger partial charge in [0.05, 0.1) is 5.69 Å². The van der Waals surface area contributed by atoms with Gasteiger partial charge < -0.3 is 16.2 Å². The van der Waals surface area contributed by atoms with Crippen molar-refractivity contribution in [2.45, 2.75) is 12.5 Å². The van der Waals surface area contributed by atoms with Gasteiger partial charge in [0, 0.05) is 36.2 Å². The molecule has 0 unspecified atom stereocenters. The van der Waals surface area contributed by atoms with Crippen LogP contribution in [0.5, 0.6) is 5.75 Å². The Morgan fingerprint density at radius 2 is 1.95 bits per heavy atom. The molecule has 1 aromatic rings. The van der Waals surface area contributed by atoms with Crippen molar-refractivity contribution in [1.29, 1.82) is 0 Å². The van der Waals surface area contributed by atoms with Crippen LogP contribution in [-0.2, 0) is 0 Å². The lowest BCUT2D eigenvalue weighted by Gasteiger charge is -2.35. The van der Waals surface area contributed by atoms with Crippen molar-refractivity contribution in [2.75, 3.05) is 31.9 Å². The monoisotopic (exact) mass is 335 g/mol. The van der Waals surface area contributed by atoms with Gasteiger partial charge in [-0.05, 0) is 12.1 Å². The van der Waals surface area contributed by atoms with Crippen molar-refractivity contribution in [3.05, 3.63) is 22.2 Å². The second-order valence-corrected chi connectivity index (χ2v) is 5.32. The van der Waals surface area contributed by atoms with Gasteiger partial charge in [-0.15, -0.1) is 0 Å². The maximum atomic E-state index is 13.4. The number of phenols is 1. The molecule has 0 bridgehead atoms. The second-order valence-electron chi connectivity index (χ2n) is 4.46. The molecule has 19 heavy (non-hydrogen) atoms. The summed E-state index contributed by atoms with van der Waals surface area (Å²) >= 11 is 3.23. The Balaban J connectivity index is 2.41. The number of rotatable bonds is 3. The van der Waals surface area contributed by atoms with Gasteiger partial charge in [-0.2, -0.15) is 0 Å². The van der Waals surface area contributed by atoms with Gasteiger partial charge in [-0.25, -0.2) is 8.78 Å². The van der Waals surface area contributed by atoms with Crippen LogP contribution in [0.3, 0.4) is 0 Å². The average Bonchev–Trinajstić information content (AvgIpc) is 2.39. The van der Waals surface area contributed by atoms with Gasteiger partial charge in [-0.1, -0.05) is 15.9 Å². The summed E-state index contributed by atoms with van der Waals surface area (Å²) in [5, 5.41) is 13.1. The van der Waals surface area contributed by atoms with Crippen LogP contribution in [0.15, 0.2) is 16.6 Å². The van der Waals surface area contributed by atoms with E-state index in [4.69, 9.17) is 5.73 Å². The van der Waals surface area contributed by atoms with Gasteiger partial charge in [0.1, 0.15) is 11.8 Å². The maximum absolute atomic E-state index is 13.4. The summed E-state index contributed by atoms with van der Waals surface area (Å²) < 4.78 is 27.3. The number of nitrogens with zero attached hydrogens (tertiary/aromatic N) is 1. The molecule has 1 atom stereocenters. The van der Waals surface area contributed by atoms with Crippen LogP contribution >= 0.6 is 15.9 Å². The SMILES string of the molecule is Nc1ccc(Br)c([C@@H](C(F)F)N2CCNCC2)c1O. The van der Waals surface area contributed by atoms with Gasteiger partial charge in [0.25, 0.3) is 6.43 Å². The zero-order valence-corrected chi connectivity index (χ0v) is 11.8. The number of nitrogen functional groups attached to an aromatic ring is 1. The van der Waals surface area contributed by atoms with E-state index in [1.807, 2.05) is 0 Å². The highest BCUT2D eigenvalue weighted by molar-refractivity contribution is 9.10. The van der Waals surface area contributed by atoms with E-state index < -0.39 is 12.5 Å². The minimum absolute atomic E-state index is 0.110. The largest absolute Gasteiger partial charge is 0.505 e. The van der Waals surface area contributed by atoms with Crippen LogP contribution in [0.25, 0.3) is 0 Å². The first kappa shape index (κ1) is 14.5. The molecule has 0 saturated carbocycles. The first-order valence-electron chi connectivity index (χ1n) is 6.02. The zero-order chi connectivity index (χ0) is 14.0. The Bertz CT molecular complexity index is 453. The average molecular weight is 336 g/mol. The Morgan fingerprint density at radius 1 is 1.32 bits per heavy atom. The fourth-order valence-corrected chi connectivity index (χ4v) is 2.86. The number of nitrogens with one attached hydrogen (secondary N) is 1. The molecule has 1 saturated heterocycles. The van der Waals surface area contributed by atoms with Crippen molar-refractivity contribution in [2.24, 2.45) is 0 Å². The van der Waals surface area contributed by atoms with Crippen LogP contribution < -0.4 is 11.1 Å². The predicted molar refractivity (Wildman–Crippen MR) is 73.4 cm³/mol. The summed E-state index contributed by atoms with van der Waals surface area (Å²) in [6.45, 7) is 2.33. The quantitative estimate of drug-likeness (QED) is 0.583. The lowest BCUT2D eigenvalue weighted by molar-refractivity contribution is 0.0167. The molecule has 1 fully saturated rings. The molecular formula is C12H16BrF2N3O. The first-order valence-corrected chi connectivity index (χ1v) is 6.81. The fraction of sp³-hybridized carbons (Fsp3) is 0.500. The molecule has 1 aliphatic heterocycles. The van der Waals surface area contributed by atoms with Crippen molar-refractivity contribution in [3.8, 4) is 5.75 Å². The molecule has 106 valence electrons. The summed E-state index contributed by atoms with van der Waals surface area (Å²) in [6, 6.07) is 1.92. The third-order valence-corrected chi connectivity index (χ3v) is 3.97. The number of phenolic OH excluding ortho intramolecular Hbond substituents is 1. The van der Waals surface area contributed by atoms with E-state index >= 15 is 0 Å². The van der Waals surface area contributed by atoms with Crippen molar-refractivity contribution in [3.63, 3.8) is 0 Å². The molecule has 4 N–H and O–H groups in total. The topological polar surface area (TPSA) is 61.5 Å². The molecule has 4 nitrogen and oxygen atoms in total. The van der Waals surface area contributed by atoms with Crippen molar-refractivity contribution >= 4 is 21.6 Å². The minimum atomic E-state index is -2.60. The third-order valence-electron chi connectivity index (χ3n) is 3.27. The normalized spacial score (nSPS) is 18.7. The summed E-state index contributed by atoms with van der Waals surface area (Å²) in [7, 11) is 0. The number of piperazine rings is 1. The molecule has 7 heteroatoms. The number of hydrogen-bond donors (Lipinski definition) is 3. The lowest BCUT2D eigenvalue weighted by Crippen LogP contribution is -2.47. The zero-order valence-electron chi connectivity index (χ0n) is 10.2. The Labute approximate surface area is 118 Å². The van der Waals surface area contributed by atoms with E-state index in [9.17, 15) is 13.9 Å². The summed E-state index contributed by atoms with van der Waals surface area (Å²) in [4.78, 5) is 1.67. The van der Waals surface area contributed by atoms with Gasteiger partial charge in [0.15, 0.2) is 0 Å². The van der Waals surface area contributed by atoms with Crippen LogP contribution in [0, 0.1) is 0 Å². The minimum Gasteiger partial charge on any atom is -0.505 e. The van der Waals surface area contributed by atoms with E-state index in [1.165, 1.54) is 6.07 Å². The van der Waals surface area contributed by atoms with E-state index in [-0.39, 0.29) is 17.0 Å². The van der Waals surface area contributed by atoms with E-state index in [0.717, 1.165) is 0 Å². The van der Waals surface area contributed by atoms with Gasteiger partial charge >= 0.3 is 0 Å². The maximum Gasteiger partial charge on any atom is 0.258 e. The summed E-state index contributed by atoms with van der Waals surface area (Å²) in [6.07, 6.45) is -2.60. The number of nitrogens with two attached hydrogens (primary N) is 1. The fourth-order valence-electron chi connectivity index (χ4n) is 2.31. The molecular weight excluding hydrogens is 320 g/mol. The number of aromatic hydroxyl groups is 1. The van der Waals surface area contributed by atoms with Crippen LogP contribution in [-0.4, -0.2) is 42.6 Å². The van der Waals surface area contributed by atoms with E-state index in [2.05, 4.69) is 21.2 Å². The summed E-state index contributed by atoms with van der Waals surface area (Å²) in [5.74, 6) is -0.266. The van der Waals surface area contributed by atoms with Crippen LogP contribution in [0.1, 0.15) is 11.6 Å². The lowest BCUT2D eigenvalue weighted by atomic mass is 10.0. The highest BCUT2D eigenvalue weighted by Crippen LogP contribution is 2.41. The highest BCUT2D eigenvalue weighted by Gasteiger charge is 2.34.